The number of nitrogens with zero attached hydrogens (tertiary/aromatic N) is 1. The summed E-state index contributed by atoms with van der Waals surface area (Å²) in [7, 11) is 0. The van der Waals surface area contributed by atoms with E-state index in [4.69, 9.17) is 4.99 Å². The van der Waals surface area contributed by atoms with Crippen LogP contribution in [0.4, 0.5) is 0 Å². The van der Waals surface area contributed by atoms with Crippen LogP contribution in [0.5, 0.6) is 0 Å². The van der Waals surface area contributed by atoms with E-state index in [0.717, 1.165) is 13.0 Å². The van der Waals surface area contributed by atoms with Crippen molar-refractivity contribution in [1.82, 2.24) is 10.6 Å². The molecule has 0 amide bonds. The third-order valence-corrected chi connectivity index (χ3v) is 3.94. The number of nitrogens with one attached hydrogen (secondary N) is 2. The number of amidine groups is 1. The molecule has 1 fully saturated rings. The van der Waals surface area contributed by atoms with Crippen molar-refractivity contribution in [1.29, 1.82) is 0 Å². The van der Waals surface area contributed by atoms with E-state index in [1.54, 1.807) is 0 Å². The van der Waals surface area contributed by atoms with Crippen LogP contribution in [0.15, 0.2) is 4.99 Å². The van der Waals surface area contributed by atoms with Crippen molar-refractivity contribution in [3.05, 3.63) is 0 Å². The van der Waals surface area contributed by atoms with Gasteiger partial charge in [-0.3, -0.25) is 4.99 Å². The zero-order valence-corrected chi connectivity index (χ0v) is 12.5. The highest BCUT2D eigenvalue weighted by molar-refractivity contribution is 5.82. The summed E-state index contributed by atoms with van der Waals surface area (Å²) < 4.78 is 0. The first-order valence-corrected chi connectivity index (χ1v) is 7.46. The quantitative estimate of drug-likeness (QED) is 0.752. The SMILES string of the molecule is CC1(C)CC(NC2=NCCCCC2)CC(C)(C)N1. The van der Waals surface area contributed by atoms with E-state index in [1.807, 2.05) is 0 Å². The Kier molecular flexibility index (Phi) is 4.00. The zero-order chi connectivity index (χ0) is 13.2. The van der Waals surface area contributed by atoms with E-state index in [9.17, 15) is 0 Å². The number of hydrogen-bond acceptors (Lipinski definition) is 3. The van der Waals surface area contributed by atoms with E-state index < -0.39 is 0 Å². The second kappa shape index (κ2) is 5.20. The summed E-state index contributed by atoms with van der Waals surface area (Å²) in [6, 6.07) is 0.563. The van der Waals surface area contributed by atoms with Crippen LogP contribution >= 0.6 is 0 Å². The first kappa shape index (κ1) is 13.9. The maximum absolute atomic E-state index is 4.70. The standard InChI is InChI=1S/C15H29N3/c1-14(2)10-12(11-15(3,4)18-14)17-13-8-6-5-7-9-16-13/h12,18H,5-11H2,1-4H3,(H,16,17). The Morgan fingerprint density at radius 3 is 2.39 bits per heavy atom. The van der Waals surface area contributed by atoms with Gasteiger partial charge in [0, 0.05) is 30.1 Å². The van der Waals surface area contributed by atoms with Crippen molar-refractivity contribution in [3.63, 3.8) is 0 Å². The number of aliphatic imine (C=N–C) groups is 1. The lowest BCUT2D eigenvalue weighted by molar-refractivity contribution is 0.155. The topological polar surface area (TPSA) is 36.4 Å². The molecule has 104 valence electrons. The molecule has 2 rings (SSSR count). The maximum atomic E-state index is 4.70. The molecule has 0 saturated carbocycles. The molecule has 2 aliphatic rings. The molecule has 2 heterocycles. The number of piperidine rings is 1. The van der Waals surface area contributed by atoms with Crippen molar-refractivity contribution in [2.45, 2.75) is 83.3 Å². The van der Waals surface area contributed by atoms with Gasteiger partial charge in [-0.15, -0.1) is 0 Å². The molecule has 0 spiro atoms. The Labute approximate surface area is 112 Å². The summed E-state index contributed by atoms with van der Waals surface area (Å²) in [5, 5.41) is 7.45. The fraction of sp³-hybridized carbons (Fsp3) is 0.933. The Morgan fingerprint density at radius 1 is 1.06 bits per heavy atom. The van der Waals surface area contributed by atoms with E-state index in [0.29, 0.717) is 6.04 Å². The van der Waals surface area contributed by atoms with Gasteiger partial charge in [-0.05, 0) is 53.4 Å². The predicted molar refractivity (Wildman–Crippen MR) is 78.2 cm³/mol. The summed E-state index contributed by atoms with van der Waals surface area (Å²) in [6.07, 6.45) is 7.38. The van der Waals surface area contributed by atoms with Crippen molar-refractivity contribution in [2.75, 3.05) is 6.54 Å². The largest absolute Gasteiger partial charge is 0.371 e. The Hall–Kier alpha value is -0.570. The molecule has 3 heteroatoms. The van der Waals surface area contributed by atoms with Crippen LogP contribution in [0.3, 0.4) is 0 Å². The average Bonchev–Trinajstić information content (AvgIpc) is 2.40. The minimum absolute atomic E-state index is 0.213. The molecule has 0 aromatic carbocycles. The summed E-state index contributed by atoms with van der Waals surface area (Å²) in [4.78, 5) is 4.70. The summed E-state index contributed by atoms with van der Waals surface area (Å²) in [5.74, 6) is 1.26. The van der Waals surface area contributed by atoms with Gasteiger partial charge in [-0.25, -0.2) is 0 Å². The summed E-state index contributed by atoms with van der Waals surface area (Å²) in [5.41, 5.74) is 0.426. The van der Waals surface area contributed by atoms with Gasteiger partial charge < -0.3 is 10.6 Å². The lowest BCUT2D eigenvalue weighted by Crippen LogP contribution is -2.62. The van der Waals surface area contributed by atoms with Gasteiger partial charge in [0.15, 0.2) is 0 Å². The van der Waals surface area contributed by atoms with E-state index in [-0.39, 0.29) is 11.1 Å². The smallest absolute Gasteiger partial charge is 0.0965 e. The first-order chi connectivity index (χ1) is 8.36. The highest BCUT2D eigenvalue weighted by Gasteiger charge is 2.37. The van der Waals surface area contributed by atoms with Gasteiger partial charge in [0.1, 0.15) is 0 Å². The van der Waals surface area contributed by atoms with E-state index in [2.05, 4.69) is 38.3 Å². The molecule has 2 aliphatic heterocycles. The third kappa shape index (κ3) is 3.98. The molecule has 0 bridgehead atoms. The summed E-state index contributed by atoms with van der Waals surface area (Å²) in [6.45, 7) is 10.2. The second-order valence-corrected chi connectivity index (χ2v) is 7.28. The second-order valence-electron chi connectivity index (χ2n) is 7.28. The lowest BCUT2D eigenvalue weighted by Gasteiger charge is -2.47. The Balaban J connectivity index is 1.97. The van der Waals surface area contributed by atoms with E-state index in [1.165, 1.54) is 37.9 Å². The van der Waals surface area contributed by atoms with Crippen LogP contribution in [0.2, 0.25) is 0 Å². The molecule has 18 heavy (non-hydrogen) atoms. The minimum atomic E-state index is 0.213. The van der Waals surface area contributed by atoms with Crippen molar-refractivity contribution >= 4 is 5.84 Å². The van der Waals surface area contributed by atoms with Gasteiger partial charge in [0.2, 0.25) is 0 Å². The molecular weight excluding hydrogens is 222 g/mol. The number of hydrogen-bond donors (Lipinski definition) is 2. The molecule has 0 aromatic rings. The van der Waals surface area contributed by atoms with Gasteiger partial charge in [0.25, 0.3) is 0 Å². The van der Waals surface area contributed by atoms with Gasteiger partial charge in [-0.2, -0.15) is 0 Å². The van der Waals surface area contributed by atoms with Crippen LogP contribution in [-0.2, 0) is 0 Å². The van der Waals surface area contributed by atoms with Gasteiger partial charge in [-0.1, -0.05) is 6.42 Å². The molecule has 1 saturated heterocycles. The normalized spacial score (nSPS) is 28.3. The highest BCUT2D eigenvalue weighted by Crippen LogP contribution is 2.28. The fourth-order valence-corrected chi connectivity index (χ4v) is 3.65. The molecule has 0 atom stereocenters. The van der Waals surface area contributed by atoms with Crippen LogP contribution in [-0.4, -0.2) is 29.5 Å². The monoisotopic (exact) mass is 251 g/mol. The zero-order valence-electron chi connectivity index (χ0n) is 12.5. The van der Waals surface area contributed by atoms with Crippen LogP contribution in [0, 0.1) is 0 Å². The number of rotatable bonds is 1. The first-order valence-electron chi connectivity index (χ1n) is 7.46. The van der Waals surface area contributed by atoms with Gasteiger partial charge >= 0.3 is 0 Å². The molecular formula is C15H29N3. The fourth-order valence-electron chi connectivity index (χ4n) is 3.65. The van der Waals surface area contributed by atoms with Crippen molar-refractivity contribution in [3.8, 4) is 0 Å². The lowest BCUT2D eigenvalue weighted by atomic mass is 9.79. The third-order valence-electron chi connectivity index (χ3n) is 3.94. The molecule has 0 aromatic heterocycles. The minimum Gasteiger partial charge on any atom is -0.371 e. The summed E-state index contributed by atoms with van der Waals surface area (Å²) >= 11 is 0. The van der Waals surface area contributed by atoms with Crippen molar-refractivity contribution in [2.24, 2.45) is 4.99 Å². The molecule has 0 radical (unpaired) electrons. The van der Waals surface area contributed by atoms with Crippen molar-refractivity contribution < 1.29 is 0 Å². The van der Waals surface area contributed by atoms with E-state index >= 15 is 0 Å². The average molecular weight is 251 g/mol. The Bertz CT molecular complexity index is 302. The highest BCUT2D eigenvalue weighted by atomic mass is 15.1. The molecule has 0 aliphatic carbocycles. The molecule has 0 unspecified atom stereocenters. The molecule has 3 nitrogen and oxygen atoms in total. The predicted octanol–water partition coefficient (Wildman–Crippen LogP) is 2.86. The van der Waals surface area contributed by atoms with Crippen LogP contribution in [0.25, 0.3) is 0 Å². The maximum Gasteiger partial charge on any atom is 0.0965 e. The van der Waals surface area contributed by atoms with Crippen LogP contribution < -0.4 is 10.6 Å². The van der Waals surface area contributed by atoms with Gasteiger partial charge in [0.05, 0.1) is 5.84 Å². The Morgan fingerprint density at radius 2 is 1.72 bits per heavy atom. The van der Waals surface area contributed by atoms with Crippen LogP contribution in [0.1, 0.15) is 66.2 Å². The molecule has 2 N–H and O–H groups in total.